The van der Waals surface area contributed by atoms with Gasteiger partial charge in [0.15, 0.2) is 5.78 Å². The quantitative estimate of drug-likeness (QED) is 0.549. The number of carbonyl (C=O) groups excluding carboxylic acids is 1. The predicted molar refractivity (Wildman–Crippen MR) is 119 cm³/mol. The van der Waals surface area contributed by atoms with Crippen LogP contribution in [-0.4, -0.2) is 23.6 Å². The number of hydrazone groups is 1. The summed E-state index contributed by atoms with van der Waals surface area (Å²) in [4.78, 5) is 12.1. The van der Waals surface area contributed by atoms with E-state index in [2.05, 4.69) is 52.3 Å². The number of hydrogen-bond acceptors (Lipinski definition) is 4. The van der Waals surface area contributed by atoms with Crippen molar-refractivity contribution >= 4 is 27.4 Å². The Balaban J connectivity index is 1.82. The van der Waals surface area contributed by atoms with Gasteiger partial charge in [-0.2, -0.15) is 5.10 Å². The van der Waals surface area contributed by atoms with Crippen LogP contribution in [0.1, 0.15) is 49.4 Å². The number of benzene rings is 2. The highest BCUT2D eigenvalue weighted by atomic mass is 79.9. The predicted octanol–water partition coefficient (Wildman–Crippen LogP) is 5.66. The lowest BCUT2D eigenvalue weighted by molar-refractivity contribution is -0.114. The van der Waals surface area contributed by atoms with Crippen LogP contribution < -0.4 is 4.74 Å². The van der Waals surface area contributed by atoms with Crippen molar-refractivity contribution in [3.8, 4) is 5.75 Å². The van der Waals surface area contributed by atoms with Crippen LogP contribution in [0.25, 0.3) is 0 Å². The molecule has 0 fully saturated rings. The van der Waals surface area contributed by atoms with Crippen molar-refractivity contribution in [1.82, 2.24) is 5.01 Å². The van der Waals surface area contributed by atoms with E-state index in [1.54, 1.807) is 13.2 Å². The van der Waals surface area contributed by atoms with Gasteiger partial charge in [-0.05, 0) is 55.2 Å². The third-order valence-corrected chi connectivity index (χ3v) is 6.35. The van der Waals surface area contributed by atoms with E-state index in [9.17, 15) is 4.79 Å². The lowest BCUT2D eigenvalue weighted by Gasteiger charge is -2.31. The van der Waals surface area contributed by atoms with Gasteiger partial charge in [-0.25, -0.2) is 0 Å². The molecule has 0 radical (unpaired) electrons. The number of rotatable bonds is 5. The number of aryl methyl sites for hydroxylation is 1. The van der Waals surface area contributed by atoms with Crippen molar-refractivity contribution < 1.29 is 9.53 Å². The van der Waals surface area contributed by atoms with E-state index >= 15 is 0 Å². The van der Waals surface area contributed by atoms with E-state index < -0.39 is 0 Å². The van der Waals surface area contributed by atoms with Gasteiger partial charge in [0.25, 0.3) is 0 Å². The lowest BCUT2D eigenvalue weighted by atomic mass is 9.77. The number of nitrogens with zero attached hydrogens (tertiary/aromatic N) is 2. The largest absolute Gasteiger partial charge is 0.497 e. The average molecular weight is 453 g/mol. The van der Waals surface area contributed by atoms with Gasteiger partial charge in [0, 0.05) is 34.1 Å². The molecular weight excluding hydrogens is 428 g/mol. The van der Waals surface area contributed by atoms with Crippen LogP contribution in [-0.2, 0) is 11.2 Å². The Labute approximate surface area is 180 Å². The number of hydrogen-bond donors (Lipinski definition) is 0. The molecular formula is C24H25BrN2O2. The second-order valence-corrected chi connectivity index (χ2v) is 8.52. The van der Waals surface area contributed by atoms with E-state index in [0.717, 1.165) is 34.5 Å². The molecule has 0 bridgehead atoms. The van der Waals surface area contributed by atoms with Gasteiger partial charge in [-0.3, -0.25) is 9.80 Å². The van der Waals surface area contributed by atoms with Gasteiger partial charge in [-0.15, -0.1) is 0 Å². The van der Waals surface area contributed by atoms with Gasteiger partial charge >= 0.3 is 0 Å². The zero-order valence-electron chi connectivity index (χ0n) is 17.0. The van der Waals surface area contributed by atoms with Crippen LogP contribution >= 0.6 is 15.9 Å². The fourth-order valence-corrected chi connectivity index (χ4v) is 4.57. The van der Waals surface area contributed by atoms with Crippen molar-refractivity contribution in [3.63, 3.8) is 0 Å². The van der Waals surface area contributed by atoms with Gasteiger partial charge in [0.05, 0.1) is 18.9 Å². The first kappa shape index (κ1) is 19.9. The Hall–Kier alpha value is -2.40. The van der Waals surface area contributed by atoms with Crippen molar-refractivity contribution in [2.75, 3.05) is 7.11 Å². The Morgan fingerprint density at radius 1 is 1.28 bits per heavy atom. The minimum atomic E-state index is 0.0818. The average Bonchev–Trinajstić information content (AvgIpc) is 3.14. The highest BCUT2D eigenvalue weighted by Gasteiger charge is 2.42. The second kappa shape index (κ2) is 8.15. The maximum atomic E-state index is 12.1. The molecule has 4 rings (SSSR count). The number of methoxy groups -OCH3 is 1. The number of fused-ring (bicyclic) bond motifs is 3. The molecule has 0 unspecified atom stereocenters. The summed E-state index contributed by atoms with van der Waals surface area (Å²) < 4.78 is 6.52. The van der Waals surface area contributed by atoms with Crippen LogP contribution in [0.15, 0.2) is 63.8 Å². The third kappa shape index (κ3) is 3.76. The lowest BCUT2D eigenvalue weighted by Crippen LogP contribution is -2.28. The maximum absolute atomic E-state index is 12.1. The maximum Gasteiger partial charge on any atom is 0.157 e. The Morgan fingerprint density at radius 3 is 2.72 bits per heavy atom. The smallest absolute Gasteiger partial charge is 0.157 e. The first-order valence-corrected chi connectivity index (χ1v) is 10.8. The first-order valence-electron chi connectivity index (χ1n) is 10.0. The first-order chi connectivity index (χ1) is 14.0. The van der Waals surface area contributed by atoms with E-state index in [-0.39, 0.29) is 17.7 Å². The van der Waals surface area contributed by atoms with E-state index in [0.29, 0.717) is 6.42 Å². The molecule has 4 nitrogen and oxygen atoms in total. The molecule has 2 aromatic carbocycles. The van der Waals surface area contributed by atoms with E-state index in [1.165, 1.54) is 16.7 Å². The number of ether oxygens (including phenoxy) is 1. The molecule has 2 aliphatic rings. The highest BCUT2D eigenvalue weighted by Crippen LogP contribution is 2.45. The van der Waals surface area contributed by atoms with Gasteiger partial charge in [0.2, 0.25) is 0 Å². The minimum Gasteiger partial charge on any atom is -0.497 e. The summed E-state index contributed by atoms with van der Waals surface area (Å²) in [7, 11) is 1.69. The molecule has 1 aliphatic carbocycles. The second-order valence-electron chi connectivity index (χ2n) is 7.60. The van der Waals surface area contributed by atoms with E-state index in [1.807, 2.05) is 24.9 Å². The normalized spacial score (nSPS) is 20.8. The number of ketones is 1. The SMILES string of the molecule is CCC(=O)/C=C(/C)N1N=C2c3cc(OC)ccc3CC[C@@H]2[C@H]1c1ccc(Br)cc1. The molecule has 0 saturated carbocycles. The van der Waals surface area contributed by atoms with Crippen LogP contribution in [0.4, 0.5) is 0 Å². The molecule has 0 amide bonds. The fourth-order valence-electron chi connectivity index (χ4n) is 4.30. The molecule has 1 heterocycles. The van der Waals surface area contributed by atoms with Crippen LogP contribution in [0.3, 0.4) is 0 Å². The third-order valence-electron chi connectivity index (χ3n) is 5.82. The summed E-state index contributed by atoms with van der Waals surface area (Å²) in [5.74, 6) is 1.24. The summed E-state index contributed by atoms with van der Waals surface area (Å²) in [6.45, 7) is 3.86. The number of carbonyl (C=O) groups is 1. The molecule has 5 heteroatoms. The summed E-state index contributed by atoms with van der Waals surface area (Å²) in [5, 5.41) is 7.10. The van der Waals surface area contributed by atoms with Crippen molar-refractivity contribution in [3.05, 3.63) is 75.4 Å². The summed E-state index contributed by atoms with van der Waals surface area (Å²) in [6, 6.07) is 14.8. The molecule has 150 valence electrons. The monoisotopic (exact) mass is 452 g/mol. The van der Waals surface area contributed by atoms with Crippen LogP contribution in [0.2, 0.25) is 0 Å². The fraction of sp³-hybridized carbons (Fsp3) is 0.333. The van der Waals surface area contributed by atoms with Gasteiger partial charge < -0.3 is 4.74 Å². The van der Waals surface area contributed by atoms with Crippen molar-refractivity contribution in [2.24, 2.45) is 11.0 Å². The summed E-state index contributed by atoms with van der Waals surface area (Å²) in [5.41, 5.74) is 5.66. The topological polar surface area (TPSA) is 41.9 Å². The zero-order valence-corrected chi connectivity index (χ0v) is 18.6. The van der Waals surface area contributed by atoms with Crippen molar-refractivity contribution in [2.45, 2.75) is 39.2 Å². The molecule has 29 heavy (non-hydrogen) atoms. The number of halogens is 1. The van der Waals surface area contributed by atoms with Gasteiger partial charge in [0.1, 0.15) is 5.75 Å². The molecule has 0 aromatic heterocycles. The zero-order chi connectivity index (χ0) is 20.5. The Morgan fingerprint density at radius 2 is 2.03 bits per heavy atom. The molecule has 1 aliphatic heterocycles. The molecule has 0 spiro atoms. The van der Waals surface area contributed by atoms with Crippen LogP contribution in [0, 0.1) is 5.92 Å². The molecule has 0 N–H and O–H groups in total. The molecule has 2 aromatic rings. The Bertz CT molecular complexity index is 994. The highest BCUT2D eigenvalue weighted by molar-refractivity contribution is 9.10. The summed E-state index contributed by atoms with van der Waals surface area (Å²) in [6.07, 6.45) is 4.26. The van der Waals surface area contributed by atoms with Crippen molar-refractivity contribution in [1.29, 1.82) is 0 Å². The Kier molecular flexibility index (Phi) is 5.59. The molecule has 0 saturated heterocycles. The van der Waals surface area contributed by atoms with Crippen LogP contribution in [0.5, 0.6) is 5.75 Å². The summed E-state index contributed by atoms with van der Waals surface area (Å²) >= 11 is 3.53. The van der Waals surface area contributed by atoms with Gasteiger partial charge in [-0.1, -0.05) is 41.1 Å². The molecule has 2 atom stereocenters. The standard InChI is InChI=1S/C24H25BrN2O2/c1-4-19(28)13-15(2)27-24(17-5-9-18(25)10-6-17)21-12-8-16-7-11-20(29-3)14-22(16)23(21)26-27/h5-7,9-11,13-14,21,24H,4,8,12H2,1-3H3/b15-13-/t21-,24+/m0/s1. The number of allylic oxidation sites excluding steroid dienone is 2. The van der Waals surface area contributed by atoms with E-state index in [4.69, 9.17) is 9.84 Å². The minimum absolute atomic E-state index is 0.0818.